The number of ether oxygens (including phenoxy) is 1. The molecule has 0 radical (unpaired) electrons. The number of nitrogens with one attached hydrogen (secondary N) is 1. The van der Waals surface area contributed by atoms with E-state index < -0.39 is 0 Å². The summed E-state index contributed by atoms with van der Waals surface area (Å²) in [5.41, 5.74) is 3.09. The van der Waals surface area contributed by atoms with Crippen LogP contribution in [0.5, 0.6) is 5.75 Å². The third-order valence-corrected chi connectivity index (χ3v) is 7.22. The fourth-order valence-corrected chi connectivity index (χ4v) is 5.41. The van der Waals surface area contributed by atoms with Crippen molar-refractivity contribution < 1.29 is 14.3 Å². The first kappa shape index (κ1) is 22.5. The largest absolute Gasteiger partial charge is 0.483 e. The molecular formula is C28H33N3O3. The molecule has 0 saturated heterocycles. The minimum Gasteiger partial charge on any atom is -0.483 e. The summed E-state index contributed by atoms with van der Waals surface area (Å²) in [5, 5.41) is 4.18. The average Bonchev–Trinajstić information content (AvgIpc) is 3.41. The zero-order chi connectivity index (χ0) is 23.7. The minimum absolute atomic E-state index is 0.0203. The lowest BCUT2D eigenvalue weighted by Gasteiger charge is -2.31. The monoisotopic (exact) mass is 459 g/mol. The number of fused-ring (bicyclic) bond motifs is 2. The van der Waals surface area contributed by atoms with Crippen molar-refractivity contribution in [2.45, 2.75) is 58.2 Å². The molecule has 178 valence electrons. The molecule has 34 heavy (non-hydrogen) atoms. The zero-order valence-corrected chi connectivity index (χ0v) is 20.0. The highest BCUT2D eigenvalue weighted by Gasteiger charge is 2.30. The second-order valence-electron chi connectivity index (χ2n) is 9.92. The van der Waals surface area contributed by atoms with Crippen molar-refractivity contribution in [3.8, 4) is 5.75 Å². The molecule has 2 heterocycles. The predicted molar refractivity (Wildman–Crippen MR) is 133 cm³/mol. The fourth-order valence-electron chi connectivity index (χ4n) is 5.41. The van der Waals surface area contributed by atoms with Crippen LogP contribution in [0, 0.1) is 5.92 Å². The van der Waals surface area contributed by atoms with Crippen molar-refractivity contribution >= 4 is 22.7 Å². The van der Waals surface area contributed by atoms with Crippen molar-refractivity contribution in [1.29, 1.82) is 0 Å². The van der Waals surface area contributed by atoms with Crippen molar-refractivity contribution in [2.24, 2.45) is 5.92 Å². The summed E-state index contributed by atoms with van der Waals surface area (Å²) >= 11 is 0. The van der Waals surface area contributed by atoms with Gasteiger partial charge in [0.25, 0.3) is 11.8 Å². The van der Waals surface area contributed by atoms with Gasteiger partial charge in [0.1, 0.15) is 5.75 Å². The number of carbonyl (C=O) groups is 2. The first-order valence-electron chi connectivity index (χ1n) is 12.4. The normalized spacial score (nSPS) is 20.1. The van der Waals surface area contributed by atoms with E-state index in [0.717, 1.165) is 66.6 Å². The molecule has 2 aliphatic rings. The van der Waals surface area contributed by atoms with Gasteiger partial charge in [0, 0.05) is 42.3 Å². The predicted octanol–water partition coefficient (Wildman–Crippen LogP) is 4.93. The van der Waals surface area contributed by atoms with Gasteiger partial charge in [-0.3, -0.25) is 9.59 Å². The number of carbonyl (C=O) groups excluding carboxylic acids is 2. The van der Waals surface area contributed by atoms with E-state index in [1.54, 1.807) is 0 Å². The smallest absolute Gasteiger partial charge is 0.258 e. The Morgan fingerprint density at radius 2 is 1.85 bits per heavy atom. The van der Waals surface area contributed by atoms with E-state index in [0.29, 0.717) is 12.0 Å². The van der Waals surface area contributed by atoms with Crippen LogP contribution < -0.4 is 10.1 Å². The number of amides is 2. The van der Waals surface area contributed by atoms with Gasteiger partial charge in [-0.15, -0.1) is 0 Å². The topological polar surface area (TPSA) is 63.6 Å². The van der Waals surface area contributed by atoms with Crippen molar-refractivity contribution in [2.75, 3.05) is 13.2 Å². The summed E-state index contributed by atoms with van der Waals surface area (Å²) in [7, 11) is 0. The molecule has 0 atom stereocenters. The molecule has 2 aromatic carbocycles. The molecule has 0 unspecified atom stereocenters. The van der Waals surface area contributed by atoms with Crippen LogP contribution in [0.2, 0.25) is 0 Å². The number of hydrogen-bond donors (Lipinski definition) is 1. The molecule has 3 aromatic rings. The molecule has 0 bridgehead atoms. The molecule has 1 aliphatic carbocycles. The Hall–Kier alpha value is -3.28. The Kier molecular flexibility index (Phi) is 6.31. The van der Waals surface area contributed by atoms with E-state index in [1.165, 1.54) is 0 Å². The molecular weight excluding hydrogens is 426 g/mol. The van der Waals surface area contributed by atoms with Crippen LogP contribution in [0.15, 0.2) is 54.7 Å². The lowest BCUT2D eigenvalue weighted by atomic mass is 9.85. The number of benzene rings is 2. The van der Waals surface area contributed by atoms with E-state index in [-0.39, 0.29) is 24.5 Å². The van der Waals surface area contributed by atoms with Gasteiger partial charge < -0.3 is 19.5 Å². The minimum atomic E-state index is -0.0751. The zero-order valence-electron chi connectivity index (χ0n) is 20.0. The molecule has 1 aromatic heterocycles. The van der Waals surface area contributed by atoms with Gasteiger partial charge in [0.15, 0.2) is 6.61 Å². The molecule has 6 nitrogen and oxygen atoms in total. The van der Waals surface area contributed by atoms with Crippen molar-refractivity contribution in [3.63, 3.8) is 0 Å². The quantitative estimate of drug-likeness (QED) is 0.545. The maximum Gasteiger partial charge on any atom is 0.258 e. The second-order valence-corrected chi connectivity index (χ2v) is 9.92. The molecule has 1 fully saturated rings. The first-order valence-corrected chi connectivity index (χ1v) is 12.4. The summed E-state index contributed by atoms with van der Waals surface area (Å²) in [5.74, 6) is 1.31. The van der Waals surface area contributed by atoms with Crippen LogP contribution in [0.25, 0.3) is 10.9 Å². The Labute approximate surface area is 200 Å². The first-order chi connectivity index (χ1) is 16.5. The maximum atomic E-state index is 12.6. The third kappa shape index (κ3) is 4.54. The van der Waals surface area contributed by atoms with Gasteiger partial charge in [0.05, 0.1) is 5.52 Å². The molecule has 1 saturated carbocycles. The number of hydrogen-bond acceptors (Lipinski definition) is 3. The highest BCUT2D eigenvalue weighted by atomic mass is 16.5. The van der Waals surface area contributed by atoms with Crippen LogP contribution in [0.4, 0.5) is 0 Å². The summed E-state index contributed by atoms with van der Waals surface area (Å²) in [4.78, 5) is 27.2. The summed E-state index contributed by atoms with van der Waals surface area (Å²) in [6, 6.07) is 16.5. The third-order valence-electron chi connectivity index (χ3n) is 7.22. The SMILES string of the molecule is CC(C)n1ccc2c(OCC(=O)NC3CCC(CN4Cc5ccccc5C4=O)CC3)cccc21. The highest BCUT2D eigenvalue weighted by Crippen LogP contribution is 2.30. The second kappa shape index (κ2) is 9.53. The standard InChI is InChI=1S/C28H33N3O3/c1-19(2)31-15-14-24-25(31)8-5-9-26(24)34-18-27(32)29-22-12-10-20(11-13-22)16-30-17-21-6-3-4-7-23(21)28(30)33/h3-9,14-15,19-20,22H,10-13,16-18H2,1-2H3,(H,29,32). The Balaban J connectivity index is 1.08. The molecule has 1 N–H and O–H groups in total. The highest BCUT2D eigenvalue weighted by molar-refractivity contribution is 5.98. The Morgan fingerprint density at radius 1 is 1.06 bits per heavy atom. The van der Waals surface area contributed by atoms with E-state index in [1.807, 2.05) is 47.4 Å². The van der Waals surface area contributed by atoms with Crippen LogP contribution in [-0.2, 0) is 11.3 Å². The number of nitrogens with zero attached hydrogens (tertiary/aromatic N) is 2. The summed E-state index contributed by atoms with van der Waals surface area (Å²) in [6.45, 7) is 5.84. The Morgan fingerprint density at radius 3 is 2.62 bits per heavy atom. The van der Waals surface area contributed by atoms with Gasteiger partial charge in [-0.1, -0.05) is 24.3 Å². The van der Waals surface area contributed by atoms with Crippen LogP contribution >= 0.6 is 0 Å². The summed E-state index contributed by atoms with van der Waals surface area (Å²) < 4.78 is 8.10. The van der Waals surface area contributed by atoms with Gasteiger partial charge >= 0.3 is 0 Å². The van der Waals surface area contributed by atoms with Gasteiger partial charge in [-0.05, 0) is 75.3 Å². The number of rotatable bonds is 7. The fraction of sp³-hybridized carbons (Fsp3) is 0.429. The Bertz CT molecular complexity index is 1190. The lowest BCUT2D eigenvalue weighted by molar-refractivity contribution is -0.124. The molecule has 2 amide bonds. The lowest BCUT2D eigenvalue weighted by Crippen LogP contribution is -2.41. The van der Waals surface area contributed by atoms with E-state index >= 15 is 0 Å². The maximum absolute atomic E-state index is 12.6. The van der Waals surface area contributed by atoms with Crippen LogP contribution in [-0.4, -0.2) is 40.5 Å². The van der Waals surface area contributed by atoms with Crippen LogP contribution in [0.1, 0.15) is 61.5 Å². The molecule has 0 spiro atoms. The van der Waals surface area contributed by atoms with Crippen molar-refractivity contribution in [1.82, 2.24) is 14.8 Å². The number of aromatic nitrogens is 1. The van der Waals surface area contributed by atoms with Crippen molar-refractivity contribution in [3.05, 3.63) is 65.9 Å². The average molecular weight is 460 g/mol. The van der Waals surface area contributed by atoms with E-state index in [4.69, 9.17) is 4.74 Å². The van der Waals surface area contributed by atoms with E-state index in [2.05, 4.69) is 36.0 Å². The van der Waals surface area contributed by atoms with Gasteiger partial charge in [0.2, 0.25) is 0 Å². The molecule has 6 heteroatoms. The molecule has 1 aliphatic heterocycles. The molecule has 5 rings (SSSR count). The summed E-state index contributed by atoms with van der Waals surface area (Å²) in [6.07, 6.45) is 5.99. The van der Waals surface area contributed by atoms with Gasteiger partial charge in [-0.2, -0.15) is 0 Å². The van der Waals surface area contributed by atoms with Gasteiger partial charge in [-0.25, -0.2) is 0 Å². The van der Waals surface area contributed by atoms with Crippen LogP contribution in [0.3, 0.4) is 0 Å². The van der Waals surface area contributed by atoms with E-state index in [9.17, 15) is 9.59 Å².